The fraction of sp³-hybridized carbons (Fsp3) is 0.600. The third-order valence-corrected chi connectivity index (χ3v) is 3.04. The van der Waals surface area contributed by atoms with E-state index in [0.717, 1.165) is 0 Å². The van der Waals surface area contributed by atoms with Crippen LogP contribution < -0.4 is 5.32 Å². The van der Waals surface area contributed by atoms with Crippen molar-refractivity contribution in [2.24, 2.45) is 0 Å². The second-order valence-corrected chi connectivity index (χ2v) is 4.70. The standard InChI is InChI=1S/C10H16N4O3S/c1-7(2)14-6-12-13-10(14)18-5-8(15)11-4-9(16)17-3/h6-7H,4-5H2,1-3H3,(H,11,15). The Bertz CT molecular complexity index is 419. The number of ether oxygens (including phenoxy) is 1. The molecule has 0 saturated heterocycles. The number of rotatable bonds is 6. The minimum absolute atomic E-state index is 0.118. The van der Waals surface area contributed by atoms with Crippen LogP contribution >= 0.6 is 11.8 Å². The molecule has 0 spiro atoms. The molecule has 1 aromatic rings. The summed E-state index contributed by atoms with van der Waals surface area (Å²) in [6, 6.07) is 0.237. The third-order valence-electron chi connectivity index (χ3n) is 2.09. The molecule has 0 radical (unpaired) electrons. The zero-order valence-corrected chi connectivity index (χ0v) is 11.4. The molecule has 100 valence electrons. The van der Waals surface area contributed by atoms with E-state index < -0.39 is 5.97 Å². The van der Waals surface area contributed by atoms with Gasteiger partial charge in [-0.3, -0.25) is 9.59 Å². The van der Waals surface area contributed by atoms with Crippen LogP contribution in [0.4, 0.5) is 0 Å². The summed E-state index contributed by atoms with van der Waals surface area (Å²) < 4.78 is 6.29. The fourth-order valence-electron chi connectivity index (χ4n) is 1.11. The van der Waals surface area contributed by atoms with Crippen LogP contribution in [0.2, 0.25) is 0 Å². The molecule has 0 unspecified atom stereocenters. The number of nitrogens with zero attached hydrogens (tertiary/aromatic N) is 3. The Hall–Kier alpha value is -1.57. The second kappa shape index (κ2) is 7.00. The average Bonchev–Trinajstić information content (AvgIpc) is 2.81. The smallest absolute Gasteiger partial charge is 0.325 e. The lowest BCUT2D eigenvalue weighted by atomic mass is 10.4. The van der Waals surface area contributed by atoms with Gasteiger partial charge in [0.2, 0.25) is 5.91 Å². The molecule has 18 heavy (non-hydrogen) atoms. The van der Waals surface area contributed by atoms with E-state index in [-0.39, 0.29) is 24.2 Å². The molecule has 7 nitrogen and oxygen atoms in total. The number of hydrogen-bond acceptors (Lipinski definition) is 6. The molecule has 0 aromatic carbocycles. The molecule has 0 aliphatic heterocycles. The molecule has 1 aromatic heterocycles. The Balaban J connectivity index is 2.38. The van der Waals surface area contributed by atoms with Gasteiger partial charge in [-0.15, -0.1) is 10.2 Å². The molecule has 1 N–H and O–H groups in total. The van der Waals surface area contributed by atoms with E-state index in [1.165, 1.54) is 18.9 Å². The first-order valence-corrected chi connectivity index (χ1v) is 6.39. The van der Waals surface area contributed by atoms with Gasteiger partial charge in [0.1, 0.15) is 12.9 Å². The zero-order chi connectivity index (χ0) is 13.5. The Morgan fingerprint density at radius 3 is 2.89 bits per heavy atom. The molecule has 0 atom stereocenters. The van der Waals surface area contributed by atoms with E-state index in [0.29, 0.717) is 5.16 Å². The van der Waals surface area contributed by atoms with Gasteiger partial charge < -0.3 is 14.6 Å². The summed E-state index contributed by atoms with van der Waals surface area (Å²) in [4.78, 5) is 22.3. The van der Waals surface area contributed by atoms with Crippen molar-refractivity contribution in [2.75, 3.05) is 19.4 Å². The van der Waals surface area contributed by atoms with Crippen LogP contribution in [-0.4, -0.2) is 46.0 Å². The Labute approximate surface area is 109 Å². The van der Waals surface area contributed by atoms with Crippen molar-refractivity contribution in [1.29, 1.82) is 0 Å². The number of aromatic nitrogens is 3. The highest BCUT2D eigenvalue weighted by Gasteiger charge is 2.11. The maximum Gasteiger partial charge on any atom is 0.325 e. The lowest BCUT2D eigenvalue weighted by Crippen LogP contribution is -2.31. The van der Waals surface area contributed by atoms with Crippen molar-refractivity contribution in [3.05, 3.63) is 6.33 Å². The van der Waals surface area contributed by atoms with Gasteiger partial charge in [-0.05, 0) is 13.8 Å². The molecule has 1 rings (SSSR count). The lowest BCUT2D eigenvalue weighted by Gasteiger charge is -2.09. The van der Waals surface area contributed by atoms with E-state index in [4.69, 9.17) is 0 Å². The van der Waals surface area contributed by atoms with E-state index in [2.05, 4.69) is 20.3 Å². The van der Waals surface area contributed by atoms with E-state index in [1.54, 1.807) is 6.33 Å². The van der Waals surface area contributed by atoms with Crippen molar-refractivity contribution >= 4 is 23.6 Å². The molecule has 1 amide bonds. The number of carbonyl (C=O) groups excluding carboxylic acids is 2. The second-order valence-electron chi connectivity index (χ2n) is 3.76. The molecule has 0 fully saturated rings. The van der Waals surface area contributed by atoms with Crippen LogP contribution in [0.3, 0.4) is 0 Å². The molecule has 1 heterocycles. The minimum Gasteiger partial charge on any atom is -0.468 e. The van der Waals surface area contributed by atoms with Gasteiger partial charge in [0, 0.05) is 6.04 Å². The van der Waals surface area contributed by atoms with Gasteiger partial charge in [-0.1, -0.05) is 11.8 Å². The van der Waals surface area contributed by atoms with E-state index in [1.807, 2.05) is 18.4 Å². The van der Waals surface area contributed by atoms with Crippen LogP contribution in [0.15, 0.2) is 11.5 Å². The highest BCUT2D eigenvalue weighted by molar-refractivity contribution is 7.99. The van der Waals surface area contributed by atoms with Gasteiger partial charge in [-0.2, -0.15) is 0 Å². The number of thioether (sulfide) groups is 1. The topological polar surface area (TPSA) is 86.1 Å². The fourth-order valence-corrected chi connectivity index (χ4v) is 1.99. The summed E-state index contributed by atoms with van der Waals surface area (Å²) in [5, 5.41) is 10.9. The number of carbonyl (C=O) groups is 2. The van der Waals surface area contributed by atoms with Crippen molar-refractivity contribution in [1.82, 2.24) is 20.1 Å². The summed E-state index contributed by atoms with van der Waals surface area (Å²) in [5.41, 5.74) is 0. The average molecular weight is 272 g/mol. The van der Waals surface area contributed by atoms with Gasteiger partial charge in [0.25, 0.3) is 0 Å². The first kappa shape index (κ1) is 14.5. The third kappa shape index (κ3) is 4.36. The minimum atomic E-state index is -0.473. The summed E-state index contributed by atoms with van der Waals surface area (Å²) in [6.07, 6.45) is 1.62. The van der Waals surface area contributed by atoms with E-state index in [9.17, 15) is 9.59 Å². The molecule has 0 saturated carbocycles. The normalized spacial score (nSPS) is 10.4. The van der Waals surface area contributed by atoms with Gasteiger partial charge in [0.15, 0.2) is 5.16 Å². The molecular weight excluding hydrogens is 256 g/mol. The lowest BCUT2D eigenvalue weighted by molar-refractivity contribution is -0.140. The summed E-state index contributed by atoms with van der Waals surface area (Å²) in [5.74, 6) is -0.537. The van der Waals surface area contributed by atoms with Crippen LogP contribution in [0, 0.1) is 0 Å². The monoisotopic (exact) mass is 272 g/mol. The summed E-state index contributed by atoms with van der Waals surface area (Å²) >= 11 is 1.27. The molecule has 8 heteroatoms. The maximum absolute atomic E-state index is 11.4. The number of amides is 1. The van der Waals surface area contributed by atoms with Gasteiger partial charge in [0.05, 0.1) is 12.9 Å². The van der Waals surface area contributed by atoms with Crippen LogP contribution in [-0.2, 0) is 14.3 Å². The summed E-state index contributed by atoms with van der Waals surface area (Å²) in [6.45, 7) is 3.89. The van der Waals surface area contributed by atoms with Crippen molar-refractivity contribution in [2.45, 2.75) is 25.0 Å². The van der Waals surface area contributed by atoms with E-state index >= 15 is 0 Å². The van der Waals surface area contributed by atoms with Crippen LogP contribution in [0.25, 0.3) is 0 Å². The maximum atomic E-state index is 11.4. The SMILES string of the molecule is COC(=O)CNC(=O)CSc1nncn1C(C)C. The van der Waals surface area contributed by atoms with Gasteiger partial charge in [-0.25, -0.2) is 0 Å². The molecule has 0 bridgehead atoms. The highest BCUT2D eigenvalue weighted by Crippen LogP contribution is 2.18. The van der Waals surface area contributed by atoms with Crippen LogP contribution in [0.5, 0.6) is 0 Å². The zero-order valence-electron chi connectivity index (χ0n) is 10.5. The Kier molecular flexibility index (Phi) is 5.63. The number of hydrogen-bond donors (Lipinski definition) is 1. The van der Waals surface area contributed by atoms with Crippen molar-refractivity contribution in [3.63, 3.8) is 0 Å². The first-order valence-electron chi connectivity index (χ1n) is 5.40. The predicted octanol–water partition coefficient (Wildman–Crippen LogP) is 0.240. The number of methoxy groups -OCH3 is 1. The quantitative estimate of drug-likeness (QED) is 0.590. The van der Waals surface area contributed by atoms with Crippen LogP contribution in [0.1, 0.15) is 19.9 Å². The number of esters is 1. The largest absolute Gasteiger partial charge is 0.468 e. The predicted molar refractivity (Wildman–Crippen MR) is 66.2 cm³/mol. The summed E-state index contributed by atoms with van der Waals surface area (Å²) in [7, 11) is 1.27. The highest BCUT2D eigenvalue weighted by atomic mass is 32.2. The Morgan fingerprint density at radius 1 is 1.56 bits per heavy atom. The molecular formula is C10H16N4O3S. The molecule has 0 aliphatic rings. The Morgan fingerprint density at radius 2 is 2.28 bits per heavy atom. The first-order chi connectivity index (χ1) is 8.54. The molecule has 0 aliphatic carbocycles. The van der Waals surface area contributed by atoms with Gasteiger partial charge >= 0.3 is 5.97 Å². The van der Waals surface area contributed by atoms with Crippen molar-refractivity contribution < 1.29 is 14.3 Å². The number of nitrogens with one attached hydrogen (secondary N) is 1. The van der Waals surface area contributed by atoms with Crippen molar-refractivity contribution in [3.8, 4) is 0 Å².